The van der Waals surface area contributed by atoms with Gasteiger partial charge in [-0.3, -0.25) is 9.59 Å². The van der Waals surface area contributed by atoms with Gasteiger partial charge >= 0.3 is 5.97 Å². The van der Waals surface area contributed by atoms with Crippen LogP contribution in [0.15, 0.2) is 24.3 Å². The number of aliphatic carboxylic acids is 1. The average Bonchev–Trinajstić information content (AvgIpc) is 3.05. The highest BCUT2D eigenvalue weighted by Crippen LogP contribution is 2.48. The zero-order chi connectivity index (χ0) is 16.7. The van der Waals surface area contributed by atoms with Crippen molar-refractivity contribution in [2.75, 3.05) is 5.75 Å². The molecule has 122 valence electrons. The van der Waals surface area contributed by atoms with E-state index in [9.17, 15) is 19.5 Å². The van der Waals surface area contributed by atoms with E-state index >= 15 is 0 Å². The van der Waals surface area contributed by atoms with E-state index in [1.807, 2.05) is 12.1 Å². The smallest absolute Gasteiger partial charge is 0.326 e. The Morgan fingerprint density at radius 3 is 2.70 bits per heavy atom. The van der Waals surface area contributed by atoms with Crippen LogP contribution in [0, 0.1) is 5.92 Å². The molecular weight excluding hydrogens is 316 g/mol. The molecule has 0 aliphatic carbocycles. The number of thioether (sulfide) groups is 1. The molecule has 23 heavy (non-hydrogen) atoms. The summed E-state index contributed by atoms with van der Waals surface area (Å²) in [5.41, 5.74) is 1.55. The lowest BCUT2D eigenvalue weighted by molar-refractivity contribution is -0.143. The SMILES string of the molecule is CC(C)[C@H](NC(=O)[C@@H]1CS[C@@H]2c3ccccc3C(=O)N21)C(=O)O. The number of hydrogen-bond donors (Lipinski definition) is 2. The standard InChI is InChI=1S/C16H18N2O4S/c1-8(2)12(16(21)22)17-13(19)11-7-23-15-10-6-4-3-5-9(10)14(20)18(11)15/h3-6,8,11-12,15H,7H2,1-2H3,(H,17,19)(H,21,22)/t11-,12-,15+/m0/s1. The van der Waals surface area contributed by atoms with Crippen LogP contribution in [0.5, 0.6) is 0 Å². The maximum absolute atomic E-state index is 12.6. The van der Waals surface area contributed by atoms with Crippen molar-refractivity contribution in [3.8, 4) is 0 Å². The first-order chi connectivity index (χ1) is 10.9. The molecule has 0 spiro atoms. The topological polar surface area (TPSA) is 86.7 Å². The Balaban J connectivity index is 1.80. The van der Waals surface area contributed by atoms with Gasteiger partial charge in [-0.05, 0) is 17.5 Å². The lowest BCUT2D eigenvalue weighted by Crippen LogP contribution is -2.52. The number of carbonyl (C=O) groups excluding carboxylic acids is 2. The molecule has 2 aliphatic heterocycles. The molecule has 3 atom stereocenters. The molecule has 1 aromatic carbocycles. The summed E-state index contributed by atoms with van der Waals surface area (Å²) in [5, 5.41) is 11.6. The Bertz CT molecular complexity index is 676. The number of carboxylic acids is 1. The fourth-order valence-corrected chi connectivity index (χ4v) is 4.47. The third-order valence-electron chi connectivity index (χ3n) is 4.23. The van der Waals surface area contributed by atoms with E-state index in [2.05, 4.69) is 5.32 Å². The van der Waals surface area contributed by atoms with Gasteiger partial charge in [0.25, 0.3) is 5.91 Å². The molecule has 0 aromatic heterocycles. The van der Waals surface area contributed by atoms with Crippen LogP contribution in [0.25, 0.3) is 0 Å². The van der Waals surface area contributed by atoms with Crippen molar-refractivity contribution in [2.45, 2.75) is 31.3 Å². The molecule has 2 aliphatic rings. The first-order valence-electron chi connectivity index (χ1n) is 7.48. The molecule has 3 rings (SSSR count). The number of carbonyl (C=O) groups is 3. The number of benzene rings is 1. The highest BCUT2D eigenvalue weighted by Gasteiger charge is 2.48. The summed E-state index contributed by atoms with van der Waals surface area (Å²) in [5.74, 6) is -1.38. The fraction of sp³-hybridized carbons (Fsp3) is 0.438. The second-order valence-corrected chi connectivity index (χ2v) is 7.18. The Labute approximate surface area is 138 Å². The minimum Gasteiger partial charge on any atom is -0.480 e. The monoisotopic (exact) mass is 334 g/mol. The van der Waals surface area contributed by atoms with Gasteiger partial charge in [-0.2, -0.15) is 0 Å². The summed E-state index contributed by atoms with van der Waals surface area (Å²) in [4.78, 5) is 37.9. The van der Waals surface area contributed by atoms with Crippen LogP contribution in [0.4, 0.5) is 0 Å². The van der Waals surface area contributed by atoms with E-state index in [0.717, 1.165) is 5.56 Å². The predicted molar refractivity (Wildman–Crippen MR) is 86.0 cm³/mol. The van der Waals surface area contributed by atoms with Gasteiger partial charge in [-0.1, -0.05) is 32.0 Å². The Kier molecular flexibility index (Phi) is 4.06. The van der Waals surface area contributed by atoms with Gasteiger partial charge in [-0.15, -0.1) is 11.8 Å². The van der Waals surface area contributed by atoms with Crippen LogP contribution in [-0.4, -0.2) is 45.6 Å². The van der Waals surface area contributed by atoms with Gasteiger partial charge in [0, 0.05) is 11.3 Å². The van der Waals surface area contributed by atoms with Crippen LogP contribution in [0.2, 0.25) is 0 Å². The maximum Gasteiger partial charge on any atom is 0.326 e. The van der Waals surface area contributed by atoms with Gasteiger partial charge in [0.15, 0.2) is 0 Å². The third kappa shape index (κ3) is 2.59. The molecule has 2 amide bonds. The number of nitrogens with one attached hydrogen (secondary N) is 1. The molecule has 0 saturated carbocycles. The van der Waals surface area contributed by atoms with Gasteiger partial charge in [0.05, 0.1) is 0 Å². The molecular formula is C16H18N2O4S. The summed E-state index contributed by atoms with van der Waals surface area (Å²) in [6.07, 6.45) is 0. The molecule has 6 nitrogen and oxygen atoms in total. The highest BCUT2D eigenvalue weighted by atomic mass is 32.2. The molecule has 0 unspecified atom stereocenters. The molecule has 2 heterocycles. The van der Waals surface area contributed by atoms with Crippen molar-refractivity contribution >= 4 is 29.5 Å². The quantitative estimate of drug-likeness (QED) is 0.871. The van der Waals surface area contributed by atoms with E-state index in [1.54, 1.807) is 30.9 Å². The summed E-state index contributed by atoms with van der Waals surface area (Å²) in [6, 6.07) is 5.76. The fourth-order valence-electron chi connectivity index (χ4n) is 3.01. The molecule has 2 N–H and O–H groups in total. The molecule has 1 saturated heterocycles. The summed E-state index contributed by atoms with van der Waals surface area (Å²) in [6.45, 7) is 3.48. The van der Waals surface area contributed by atoms with E-state index in [-0.39, 0.29) is 17.2 Å². The van der Waals surface area contributed by atoms with Crippen molar-refractivity contribution in [3.05, 3.63) is 35.4 Å². The Morgan fingerprint density at radius 2 is 2.04 bits per heavy atom. The zero-order valence-corrected chi connectivity index (χ0v) is 13.7. The summed E-state index contributed by atoms with van der Waals surface area (Å²) >= 11 is 1.54. The van der Waals surface area contributed by atoms with Gasteiger partial charge < -0.3 is 15.3 Å². The average molecular weight is 334 g/mol. The van der Waals surface area contributed by atoms with Crippen LogP contribution in [0.3, 0.4) is 0 Å². The molecule has 1 fully saturated rings. The minimum atomic E-state index is -1.06. The first kappa shape index (κ1) is 15.9. The summed E-state index contributed by atoms with van der Waals surface area (Å²) < 4.78 is 0. The van der Waals surface area contributed by atoms with Gasteiger partial charge in [0.1, 0.15) is 17.5 Å². The third-order valence-corrected chi connectivity index (χ3v) is 5.53. The predicted octanol–water partition coefficient (Wildman–Crippen LogP) is 1.48. The van der Waals surface area contributed by atoms with E-state index < -0.39 is 24.0 Å². The van der Waals surface area contributed by atoms with Crippen molar-refractivity contribution in [1.82, 2.24) is 10.2 Å². The molecule has 0 bridgehead atoms. The summed E-state index contributed by atoms with van der Waals surface area (Å²) in [7, 11) is 0. The normalized spacial score (nSPS) is 23.6. The lowest BCUT2D eigenvalue weighted by Gasteiger charge is -2.25. The molecule has 1 aromatic rings. The van der Waals surface area contributed by atoms with Crippen molar-refractivity contribution in [3.63, 3.8) is 0 Å². The first-order valence-corrected chi connectivity index (χ1v) is 8.53. The zero-order valence-electron chi connectivity index (χ0n) is 12.9. The Hall–Kier alpha value is -2.02. The number of amides is 2. The van der Waals surface area contributed by atoms with Crippen molar-refractivity contribution in [1.29, 1.82) is 0 Å². The van der Waals surface area contributed by atoms with Gasteiger partial charge in [0.2, 0.25) is 5.91 Å². The molecule has 7 heteroatoms. The van der Waals surface area contributed by atoms with Crippen LogP contribution < -0.4 is 5.32 Å². The largest absolute Gasteiger partial charge is 0.480 e. The van der Waals surface area contributed by atoms with E-state index in [0.29, 0.717) is 11.3 Å². The van der Waals surface area contributed by atoms with E-state index in [4.69, 9.17) is 0 Å². The van der Waals surface area contributed by atoms with Crippen molar-refractivity contribution < 1.29 is 19.5 Å². The number of hydrogen-bond acceptors (Lipinski definition) is 4. The van der Waals surface area contributed by atoms with Crippen LogP contribution in [0.1, 0.15) is 35.1 Å². The number of carboxylic acid groups (broad SMARTS) is 1. The highest BCUT2D eigenvalue weighted by molar-refractivity contribution is 7.99. The number of fused-ring (bicyclic) bond motifs is 3. The second-order valence-electron chi connectivity index (χ2n) is 6.07. The van der Waals surface area contributed by atoms with Crippen molar-refractivity contribution in [2.24, 2.45) is 5.92 Å². The van der Waals surface area contributed by atoms with Crippen LogP contribution in [-0.2, 0) is 9.59 Å². The van der Waals surface area contributed by atoms with E-state index in [1.165, 1.54) is 11.8 Å². The van der Waals surface area contributed by atoms with Crippen LogP contribution >= 0.6 is 11.8 Å². The second kappa shape index (κ2) is 5.88. The minimum absolute atomic E-state index is 0.156. The van der Waals surface area contributed by atoms with Gasteiger partial charge in [-0.25, -0.2) is 4.79 Å². The number of rotatable bonds is 4. The lowest BCUT2D eigenvalue weighted by atomic mass is 10.0. The molecule has 0 radical (unpaired) electrons. The maximum atomic E-state index is 12.6. The Morgan fingerprint density at radius 1 is 1.35 bits per heavy atom. The number of nitrogens with zero attached hydrogens (tertiary/aromatic N) is 1.